The average molecular weight is 417 g/mol. The molecule has 0 radical (unpaired) electrons. The number of nitrogens with zero attached hydrogens (tertiary/aromatic N) is 3. The Morgan fingerprint density at radius 1 is 1.10 bits per heavy atom. The van der Waals surface area contributed by atoms with Crippen LogP contribution in [0.2, 0.25) is 0 Å². The van der Waals surface area contributed by atoms with E-state index in [-0.39, 0.29) is 17.9 Å². The van der Waals surface area contributed by atoms with Crippen LogP contribution in [0.5, 0.6) is 0 Å². The van der Waals surface area contributed by atoms with Crippen molar-refractivity contribution in [2.45, 2.75) is 26.4 Å². The van der Waals surface area contributed by atoms with Crippen molar-refractivity contribution < 1.29 is 4.79 Å². The number of aromatic nitrogens is 3. The van der Waals surface area contributed by atoms with Crippen molar-refractivity contribution in [3.05, 3.63) is 94.6 Å². The molecular formula is C24H24N4OS. The van der Waals surface area contributed by atoms with Gasteiger partial charge in [0.05, 0.1) is 18.2 Å². The van der Waals surface area contributed by atoms with E-state index in [9.17, 15) is 4.79 Å². The van der Waals surface area contributed by atoms with Crippen LogP contribution >= 0.6 is 11.3 Å². The Kier molecular flexibility index (Phi) is 6.05. The lowest BCUT2D eigenvalue weighted by Gasteiger charge is -2.21. The van der Waals surface area contributed by atoms with Gasteiger partial charge in [-0.05, 0) is 35.1 Å². The molecule has 0 aliphatic rings. The maximum atomic E-state index is 13.3. The lowest BCUT2D eigenvalue weighted by Crippen LogP contribution is -2.31. The van der Waals surface area contributed by atoms with Gasteiger partial charge in [0.1, 0.15) is 5.69 Å². The summed E-state index contributed by atoms with van der Waals surface area (Å²) < 4.78 is 1.82. The Morgan fingerprint density at radius 2 is 1.93 bits per heavy atom. The summed E-state index contributed by atoms with van der Waals surface area (Å²) in [7, 11) is 0. The molecule has 0 aliphatic heterocycles. The van der Waals surface area contributed by atoms with Crippen molar-refractivity contribution in [3.8, 4) is 11.3 Å². The molecule has 30 heavy (non-hydrogen) atoms. The van der Waals surface area contributed by atoms with Crippen LogP contribution in [0.4, 0.5) is 0 Å². The SMILES string of the molecule is CC(C)[C@H](NC(=O)c1cn(Cc2ccccc2)nc1-c1cccnc1)c1cccs1. The lowest BCUT2D eigenvalue weighted by atomic mass is 10.0. The van der Waals surface area contributed by atoms with Gasteiger partial charge in [0.15, 0.2) is 0 Å². The Balaban J connectivity index is 1.67. The van der Waals surface area contributed by atoms with Gasteiger partial charge < -0.3 is 5.32 Å². The second-order valence-electron chi connectivity index (χ2n) is 7.53. The Bertz CT molecular complexity index is 1090. The summed E-state index contributed by atoms with van der Waals surface area (Å²) in [4.78, 5) is 18.7. The number of thiophene rings is 1. The molecule has 5 nitrogen and oxygen atoms in total. The monoisotopic (exact) mass is 416 g/mol. The fourth-order valence-corrected chi connectivity index (χ4v) is 4.36. The molecule has 0 saturated carbocycles. The van der Waals surface area contributed by atoms with Gasteiger partial charge in [-0.1, -0.05) is 50.2 Å². The van der Waals surface area contributed by atoms with Crippen LogP contribution in [0.1, 0.15) is 40.7 Å². The Morgan fingerprint density at radius 3 is 2.60 bits per heavy atom. The summed E-state index contributed by atoms with van der Waals surface area (Å²) in [6.07, 6.45) is 5.29. The zero-order chi connectivity index (χ0) is 20.9. The van der Waals surface area contributed by atoms with Crippen LogP contribution in [-0.2, 0) is 6.54 Å². The molecule has 0 saturated heterocycles. The van der Waals surface area contributed by atoms with Crippen LogP contribution in [0, 0.1) is 5.92 Å². The minimum absolute atomic E-state index is 0.0447. The molecule has 0 aliphatic carbocycles. The molecule has 4 aromatic rings. The summed E-state index contributed by atoms with van der Waals surface area (Å²) in [5, 5.41) is 9.99. The highest BCUT2D eigenvalue weighted by Gasteiger charge is 2.24. The molecular weight excluding hydrogens is 392 g/mol. The van der Waals surface area contributed by atoms with Gasteiger partial charge in [0.25, 0.3) is 5.91 Å². The van der Waals surface area contributed by atoms with Gasteiger partial charge in [-0.15, -0.1) is 11.3 Å². The highest BCUT2D eigenvalue weighted by atomic mass is 32.1. The second kappa shape index (κ2) is 9.05. The highest BCUT2D eigenvalue weighted by Crippen LogP contribution is 2.28. The van der Waals surface area contributed by atoms with Gasteiger partial charge in [-0.3, -0.25) is 14.5 Å². The predicted molar refractivity (Wildman–Crippen MR) is 120 cm³/mol. The molecule has 1 aromatic carbocycles. The molecule has 0 unspecified atom stereocenters. The summed E-state index contributed by atoms with van der Waals surface area (Å²) >= 11 is 1.66. The number of hydrogen-bond acceptors (Lipinski definition) is 4. The minimum atomic E-state index is -0.125. The van der Waals surface area contributed by atoms with Gasteiger partial charge >= 0.3 is 0 Å². The molecule has 4 rings (SSSR count). The van der Waals surface area contributed by atoms with E-state index in [1.807, 2.05) is 52.7 Å². The first-order valence-electron chi connectivity index (χ1n) is 9.98. The van der Waals surface area contributed by atoms with E-state index in [2.05, 4.69) is 42.3 Å². The molecule has 3 heterocycles. The topological polar surface area (TPSA) is 59.8 Å². The van der Waals surface area contributed by atoms with Crippen molar-refractivity contribution >= 4 is 17.2 Å². The molecule has 0 fully saturated rings. The van der Waals surface area contributed by atoms with Crippen molar-refractivity contribution in [1.29, 1.82) is 0 Å². The first kappa shape index (κ1) is 20.0. The van der Waals surface area contributed by atoms with E-state index in [0.29, 0.717) is 17.8 Å². The second-order valence-corrected chi connectivity index (χ2v) is 8.51. The zero-order valence-corrected chi connectivity index (χ0v) is 17.8. The molecule has 3 aromatic heterocycles. The van der Waals surface area contributed by atoms with Crippen LogP contribution in [-0.4, -0.2) is 20.7 Å². The standard InChI is InChI=1S/C24H24N4OS/c1-17(2)22(21-11-7-13-30-21)26-24(29)20-16-28(15-18-8-4-3-5-9-18)27-23(20)19-10-6-12-25-14-19/h3-14,16-17,22H,15H2,1-2H3,(H,26,29)/t22-/m0/s1. The van der Waals surface area contributed by atoms with Crippen LogP contribution in [0.15, 0.2) is 78.6 Å². The van der Waals surface area contributed by atoms with E-state index in [0.717, 1.165) is 16.0 Å². The lowest BCUT2D eigenvalue weighted by molar-refractivity contribution is 0.0927. The highest BCUT2D eigenvalue weighted by molar-refractivity contribution is 7.10. The maximum absolute atomic E-state index is 13.3. The quantitative estimate of drug-likeness (QED) is 0.451. The van der Waals surface area contributed by atoms with E-state index < -0.39 is 0 Å². The van der Waals surface area contributed by atoms with Crippen LogP contribution in [0.25, 0.3) is 11.3 Å². The summed E-state index contributed by atoms with van der Waals surface area (Å²) in [5.74, 6) is 0.147. The van der Waals surface area contributed by atoms with Crippen molar-refractivity contribution in [2.24, 2.45) is 5.92 Å². The van der Waals surface area contributed by atoms with E-state index >= 15 is 0 Å². The third kappa shape index (κ3) is 4.49. The smallest absolute Gasteiger partial charge is 0.255 e. The Labute approximate surface area is 180 Å². The number of amides is 1. The van der Waals surface area contributed by atoms with Gasteiger partial charge in [-0.25, -0.2) is 0 Å². The summed E-state index contributed by atoms with van der Waals surface area (Å²) in [6.45, 7) is 4.83. The number of nitrogens with one attached hydrogen (secondary N) is 1. The first-order chi connectivity index (χ1) is 14.6. The minimum Gasteiger partial charge on any atom is -0.344 e. The fraction of sp³-hybridized carbons (Fsp3) is 0.208. The number of benzene rings is 1. The van der Waals surface area contributed by atoms with Crippen LogP contribution < -0.4 is 5.32 Å². The molecule has 1 amide bonds. The first-order valence-corrected chi connectivity index (χ1v) is 10.9. The van der Waals surface area contributed by atoms with E-state index in [4.69, 9.17) is 5.10 Å². The average Bonchev–Trinajstić information content (AvgIpc) is 3.43. The van der Waals surface area contributed by atoms with E-state index in [1.54, 1.807) is 23.7 Å². The summed E-state index contributed by atoms with van der Waals surface area (Å²) in [5.41, 5.74) is 3.15. The fourth-order valence-electron chi connectivity index (χ4n) is 3.41. The van der Waals surface area contributed by atoms with Crippen molar-refractivity contribution in [2.75, 3.05) is 0 Å². The van der Waals surface area contributed by atoms with Crippen LogP contribution in [0.3, 0.4) is 0 Å². The van der Waals surface area contributed by atoms with Crippen molar-refractivity contribution in [3.63, 3.8) is 0 Å². The number of pyridine rings is 1. The third-order valence-corrected chi connectivity index (χ3v) is 5.89. The van der Waals surface area contributed by atoms with E-state index in [1.165, 1.54) is 0 Å². The third-order valence-electron chi connectivity index (χ3n) is 4.93. The molecule has 6 heteroatoms. The molecule has 0 spiro atoms. The zero-order valence-electron chi connectivity index (χ0n) is 17.0. The Hall–Kier alpha value is -3.25. The number of carbonyl (C=O) groups excluding carboxylic acids is 1. The van der Waals surface area contributed by atoms with Gasteiger partial charge in [0, 0.05) is 29.0 Å². The molecule has 1 N–H and O–H groups in total. The van der Waals surface area contributed by atoms with Gasteiger partial charge in [-0.2, -0.15) is 5.10 Å². The maximum Gasteiger partial charge on any atom is 0.255 e. The van der Waals surface area contributed by atoms with Crippen molar-refractivity contribution in [1.82, 2.24) is 20.1 Å². The number of rotatable bonds is 7. The number of hydrogen-bond donors (Lipinski definition) is 1. The number of carbonyl (C=O) groups is 1. The van der Waals surface area contributed by atoms with Gasteiger partial charge in [0.2, 0.25) is 0 Å². The molecule has 152 valence electrons. The largest absolute Gasteiger partial charge is 0.344 e. The molecule has 0 bridgehead atoms. The predicted octanol–water partition coefficient (Wildman–Crippen LogP) is 5.18. The summed E-state index contributed by atoms with van der Waals surface area (Å²) in [6, 6.07) is 17.9. The normalized spacial score (nSPS) is 12.1. The molecule has 1 atom stereocenters.